The minimum atomic E-state index is 0.150. The summed E-state index contributed by atoms with van der Waals surface area (Å²) >= 11 is 0. The molecule has 8 heteroatoms. The molecule has 21 heavy (non-hydrogen) atoms. The molecule has 0 bridgehead atoms. The maximum absolute atomic E-state index is 11.3. The van der Waals surface area contributed by atoms with Crippen LogP contribution < -0.4 is 0 Å². The number of carbonyl (C=O) groups is 2. The second-order valence-corrected chi connectivity index (χ2v) is 5.24. The smallest absolute Gasteiger partial charge is 0.143 e. The number of hydrogen-bond donors (Lipinski definition) is 0. The number of ketones is 1. The summed E-state index contributed by atoms with van der Waals surface area (Å²) in [6.07, 6.45) is 0.914. The van der Waals surface area contributed by atoms with Crippen molar-refractivity contribution < 1.29 is 9.59 Å². The molecular weight excluding hydrogens is 272 g/mol. The number of carbonyl (C=O) groups excluding carboxylic acids is 2. The molecule has 0 unspecified atom stereocenters. The van der Waals surface area contributed by atoms with Gasteiger partial charge in [-0.1, -0.05) is 5.11 Å². The monoisotopic (exact) mass is 296 g/mol. The zero-order chi connectivity index (χ0) is 15.5. The Hall–Kier alpha value is -1.47. The van der Waals surface area contributed by atoms with Gasteiger partial charge in [-0.15, -0.1) is 0 Å². The average molecular weight is 296 g/mol. The molecule has 1 heterocycles. The third-order valence-electron chi connectivity index (χ3n) is 3.56. The largest absolute Gasteiger partial charge is 0.302 e. The molecule has 0 aliphatic carbocycles. The molecule has 1 saturated heterocycles. The molecule has 0 N–H and O–H groups in total. The Kier molecular flexibility index (Phi) is 8.61. The van der Waals surface area contributed by atoms with Gasteiger partial charge >= 0.3 is 0 Å². The summed E-state index contributed by atoms with van der Waals surface area (Å²) in [7, 11) is 0. The lowest BCUT2D eigenvalue weighted by atomic mass is 10.3. The SMILES string of the molecule is CC(=O)CN1CCN(CC=O)CCN(CCN=[N+]=[N-])CC1. The highest BCUT2D eigenvalue weighted by Gasteiger charge is 2.16. The fourth-order valence-electron chi connectivity index (χ4n) is 2.40. The summed E-state index contributed by atoms with van der Waals surface area (Å²) in [6, 6.07) is 0. The molecule has 0 aromatic rings. The predicted octanol–water partition coefficient (Wildman–Crippen LogP) is 0.00420. The fraction of sp³-hybridized carbons (Fsp3) is 0.846. The zero-order valence-corrected chi connectivity index (χ0v) is 12.6. The van der Waals surface area contributed by atoms with Crippen molar-refractivity contribution in [2.75, 3.05) is 65.4 Å². The summed E-state index contributed by atoms with van der Waals surface area (Å²) in [5, 5.41) is 3.57. The fourth-order valence-corrected chi connectivity index (χ4v) is 2.40. The van der Waals surface area contributed by atoms with Gasteiger partial charge in [-0.05, 0) is 12.5 Å². The van der Waals surface area contributed by atoms with Crippen molar-refractivity contribution in [1.82, 2.24) is 14.7 Å². The van der Waals surface area contributed by atoms with E-state index in [0.717, 1.165) is 45.6 Å². The van der Waals surface area contributed by atoms with E-state index in [9.17, 15) is 9.59 Å². The molecule has 1 aliphatic heterocycles. The summed E-state index contributed by atoms with van der Waals surface area (Å²) in [5.41, 5.74) is 8.34. The summed E-state index contributed by atoms with van der Waals surface area (Å²) in [6.45, 7) is 8.46. The first-order chi connectivity index (χ1) is 10.2. The number of azide groups is 1. The topological polar surface area (TPSA) is 92.6 Å². The van der Waals surface area contributed by atoms with Gasteiger partial charge in [0.15, 0.2) is 0 Å². The van der Waals surface area contributed by atoms with E-state index in [1.54, 1.807) is 6.92 Å². The van der Waals surface area contributed by atoms with Crippen molar-refractivity contribution in [2.24, 2.45) is 5.11 Å². The van der Waals surface area contributed by atoms with Gasteiger partial charge in [0.25, 0.3) is 0 Å². The Morgan fingerprint density at radius 2 is 1.71 bits per heavy atom. The molecule has 0 aromatic heterocycles. The van der Waals surface area contributed by atoms with E-state index >= 15 is 0 Å². The van der Waals surface area contributed by atoms with Gasteiger partial charge in [-0.2, -0.15) is 0 Å². The van der Waals surface area contributed by atoms with Gasteiger partial charge in [0, 0.05) is 57.3 Å². The lowest BCUT2D eigenvalue weighted by molar-refractivity contribution is -0.118. The molecule has 8 nitrogen and oxygen atoms in total. The third-order valence-corrected chi connectivity index (χ3v) is 3.56. The summed E-state index contributed by atoms with van der Waals surface area (Å²) in [5.74, 6) is 0.150. The first-order valence-electron chi connectivity index (χ1n) is 7.26. The lowest BCUT2D eigenvalue weighted by Crippen LogP contribution is -2.39. The number of aldehydes is 1. The molecule has 0 amide bonds. The van der Waals surface area contributed by atoms with Crippen LogP contribution in [0.4, 0.5) is 0 Å². The molecule has 1 rings (SSSR count). The average Bonchev–Trinajstić information content (AvgIpc) is 2.53. The highest BCUT2D eigenvalue weighted by Crippen LogP contribution is 2.00. The van der Waals surface area contributed by atoms with Crippen molar-refractivity contribution in [2.45, 2.75) is 6.92 Å². The van der Waals surface area contributed by atoms with Crippen molar-refractivity contribution in [1.29, 1.82) is 0 Å². The lowest BCUT2D eigenvalue weighted by Gasteiger charge is -2.24. The van der Waals surface area contributed by atoms with Crippen LogP contribution in [0.25, 0.3) is 10.4 Å². The van der Waals surface area contributed by atoms with Crippen LogP contribution in [0.1, 0.15) is 6.92 Å². The Morgan fingerprint density at radius 1 is 1.14 bits per heavy atom. The van der Waals surface area contributed by atoms with Crippen LogP contribution in [0.15, 0.2) is 5.11 Å². The van der Waals surface area contributed by atoms with Crippen LogP contribution in [-0.2, 0) is 9.59 Å². The molecule has 1 fully saturated rings. The standard InChI is InChI=1S/C13H24N6O2/c1-13(21)12-19-8-6-17(3-2-15-16-14)4-5-18(7-9-19)10-11-20/h11H,2-10,12H2,1H3. The van der Waals surface area contributed by atoms with Crippen LogP contribution in [0.2, 0.25) is 0 Å². The molecule has 0 saturated carbocycles. The Labute approximate surface area is 125 Å². The minimum absolute atomic E-state index is 0.150. The van der Waals surface area contributed by atoms with Gasteiger partial charge in [-0.3, -0.25) is 14.6 Å². The molecule has 0 aromatic carbocycles. The summed E-state index contributed by atoms with van der Waals surface area (Å²) < 4.78 is 0. The molecule has 118 valence electrons. The molecule has 0 spiro atoms. The van der Waals surface area contributed by atoms with Gasteiger partial charge in [0.1, 0.15) is 12.1 Å². The number of Topliss-reactive ketones (excluding diaryl/α,β-unsaturated/α-hetero) is 1. The van der Waals surface area contributed by atoms with Gasteiger partial charge in [-0.25, -0.2) is 0 Å². The van der Waals surface area contributed by atoms with E-state index in [1.165, 1.54) is 0 Å². The Balaban J connectivity index is 2.60. The second kappa shape index (κ2) is 10.3. The molecule has 0 atom stereocenters. The van der Waals surface area contributed by atoms with E-state index in [4.69, 9.17) is 5.53 Å². The van der Waals surface area contributed by atoms with Crippen LogP contribution in [0.3, 0.4) is 0 Å². The van der Waals surface area contributed by atoms with Crippen LogP contribution in [0, 0.1) is 0 Å². The van der Waals surface area contributed by atoms with Crippen LogP contribution in [0.5, 0.6) is 0 Å². The second-order valence-electron chi connectivity index (χ2n) is 5.24. The number of nitrogens with zero attached hydrogens (tertiary/aromatic N) is 6. The first kappa shape index (κ1) is 17.6. The molecule has 0 radical (unpaired) electrons. The van der Waals surface area contributed by atoms with Gasteiger partial charge < -0.3 is 9.69 Å². The van der Waals surface area contributed by atoms with Crippen molar-refractivity contribution in [3.8, 4) is 0 Å². The minimum Gasteiger partial charge on any atom is -0.302 e. The van der Waals surface area contributed by atoms with Gasteiger partial charge in [0.2, 0.25) is 0 Å². The van der Waals surface area contributed by atoms with E-state index in [0.29, 0.717) is 26.2 Å². The highest BCUT2D eigenvalue weighted by atomic mass is 16.1. The maximum Gasteiger partial charge on any atom is 0.143 e. The molecular formula is C13H24N6O2. The number of rotatable bonds is 7. The van der Waals surface area contributed by atoms with Crippen molar-refractivity contribution in [3.05, 3.63) is 10.4 Å². The first-order valence-corrected chi connectivity index (χ1v) is 7.26. The number of hydrogen-bond acceptors (Lipinski definition) is 6. The van der Waals surface area contributed by atoms with Crippen molar-refractivity contribution >= 4 is 12.1 Å². The summed E-state index contributed by atoms with van der Waals surface area (Å²) in [4.78, 5) is 31.2. The highest BCUT2D eigenvalue weighted by molar-refractivity contribution is 5.77. The van der Waals surface area contributed by atoms with Crippen molar-refractivity contribution in [3.63, 3.8) is 0 Å². The van der Waals surface area contributed by atoms with E-state index in [2.05, 4.69) is 24.7 Å². The third kappa shape index (κ3) is 7.77. The van der Waals surface area contributed by atoms with Crippen LogP contribution >= 0.6 is 0 Å². The Morgan fingerprint density at radius 3 is 2.24 bits per heavy atom. The van der Waals surface area contributed by atoms with E-state index in [-0.39, 0.29) is 5.78 Å². The Bertz CT molecular complexity index is 383. The normalized spacial score (nSPS) is 19.1. The van der Waals surface area contributed by atoms with Gasteiger partial charge in [0.05, 0.1) is 13.1 Å². The predicted molar refractivity (Wildman–Crippen MR) is 80.1 cm³/mol. The maximum atomic E-state index is 11.3. The van der Waals surface area contributed by atoms with E-state index in [1.807, 2.05) is 0 Å². The van der Waals surface area contributed by atoms with Crippen LogP contribution in [-0.4, -0.2) is 92.2 Å². The molecule has 1 aliphatic rings. The quantitative estimate of drug-likeness (QED) is 0.285. The van der Waals surface area contributed by atoms with E-state index < -0.39 is 0 Å². The zero-order valence-electron chi connectivity index (χ0n) is 12.6.